The standard InChI is InChI=1S/C14H19Cl2NO2SSi/c1-14(16,9-10-21(2,3)4)11-17-20(18,19)13-7-5-12(15)6-8-13/h5-8,17H,11H2,1-4H3. The van der Waals surface area contributed by atoms with Gasteiger partial charge in [0, 0.05) is 11.6 Å². The highest BCUT2D eigenvalue weighted by molar-refractivity contribution is 7.89. The van der Waals surface area contributed by atoms with Crippen molar-refractivity contribution in [2.45, 2.75) is 36.3 Å². The molecule has 0 aliphatic heterocycles. The van der Waals surface area contributed by atoms with Gasteiger partial charge in [0.2, 0.25) is 10.0 Å². The Labute approximate surface area is 138 Å². The lowest BCUT2D eigenvalue weighted by molar-refractivity contribution is 0.576. The first-order valence-electron chi connectivity index (χ1n) is 6.40. The van der Waals surface area contributed by atoms with Gasteiger partial charge in [-0.2, -0.15) is 0 Å². The molecule has 21 heavy (non-hydrogen) atoms. The fourth-order valence-electron chi connectivity index (χ4n) is 1.29. The van der Waals surface area contributed by atoms with Crippen LogP contribution in [0.1, 0.15) is 6.92 Å². The Morgan fingerprint density at radius 1 is 1.24 bits per heavy atom. The summed E-state index contributed by atoms with van der Waals surface area (Å²) < 4.78 is 26.8. The second-order valence-electron chi connectivity index (χ2n) is 5.98. The van der Waals surface area contributed by atoms with Crippen LogP contribution in [-0.4, -0.2) is 27.9 Å². The fourth-order valence-corrected chi connectivity index (χ4v) is 3.48. The number of hydrogen-bond donors (Lipinski definition) is 1. The molecular weight excluding hydrogens is 345 g/mol. The number of hydrogen-bond acceptors (Lipinski definition) is 2. The van der Waals surface area contributed by atoms with Crippen LogP contribution in [0.5, 0.6) is 0 Å². The zero-order chi connectivity index (χ0) is 16.3. The molecule has 0 fully saturated rings. The van der Waals surface area contributed by atoms with Gasteiger partial charge < -0.3 is 0 Å². The van der Waals surface area contributed by atoms with Crippen molar-refractivity contribution >= 4 is 41.3 Å². The van der Waals surface area contributed by atoms with E-state index in [1.807, 2.05) is 0 Å². The summed E-state index contributed by atoms with van der Waals surface area (Å²) in [5, 5.41) is 0.483. The smallest absolute Gasteiger partial charge is 0.208 e. The van der Waals surface area contributed by atoms with Crippen LogP contribution in [0.2, 0.25) is 24.7 Å². The quantitative estimate of drug-likeness (QED) is 0.505. The number of rotatable bonds is 4. The molecule has 1 aromatic rings. The van der Waals surface area contributed by atoms with Gasteiger partial charge in [-0.25, -0.2) is 13.1 Å². The van der Waals surface area contributed by atoms with Crippen LogP contribution in [0, 0.1) is 11.5 Å². The van der Waals surface area contributed by atoms with Crippen molar-refractivity contribution < 1.29 is 8.42 Å². The van der Waals surface area contributed by atoms with Crippen molar-refractivity contribution in [1.82, 2.24) is 4.72 Å². The Morgan fingerprint density at radius 3 is 2.24 bits per heavy atom. The van der Waals surface area contributed by atoms with Crippen molar-refractivity contribution in [2.24, 2.45) is 0 Å². The van der Waals surface area contributed by atoms with Crippen LogP contribution in [0.15, 0.2) is 29.2 Å². The third-order valence-corrected chi connectivity index (χ3v) is 5.19. The fraction of sp³-hybridized carbons (Fsp3) is 0.429. The lowest BCUT2D eigenvalue weighted by Gasteiger charge is -2.17. The number of halogens is 2. The molecule has 0 radical (unpaired) electrons. The Balaban J connectivity index is 2.81. The van der Waals surface area contributed by atoms with Crippen LogP contribution in [0.3, 0.4) is 0 Å². The third kappa shape index (κ3) is 6.85. The molecule has 1 aromatic carbocycles. The normalized spacial score (nSPS) is 15.0. The van der Waals surface area contributed by atoms with E-state index < -0.39 is 23.0 Å². The summed E-state index contributed by atoms with van der Waals surface area (Å²) in [5.41, 5.74) is 3.15. The molecule has 0 amide bonds. The molecule has 0 saturated carbocycles. The lowest BCUT2D eigenvalue weighted by atomic mass is 10.2. The maximum Gasteiger partial charge on any atom is 0.240 e. The van der Waals surface area contributed by atoms with Gasteiger partial charge in [0.1, 0.15) is 12.9 Å². The number of benzene rings is 1. The van der Waals surface area contributed by atoms with E-state index in [1.54, 1.807) is 6.92 Å². The molecule has 1 atom stereocenters. The first kappa shape index (κ1) is 18.5. The van der Waals surface area contributed by atoms with Gasteiger partial charge in [0.05, 0.1) is 4.90 Å². The van der Waals surface area contributed by atoms with Crippen LogP contribution in [-0.2, 0) is 10.0 Å². The Bertz CT molecular complexity index is 653. The summed E-state index contributed by atoms with van der Waals surface area (Å²) in [7, 11) is -5.16. The van der Waals surface area contributed by atoms with E-state index in [2.05, 4.69) is 35.8 Å². The van der Waals surface area contributed by atoms with Gasteiger partial charge in [-0.3, -0.25) is 0 Å². The predicted molar refractivity (Wildman–Crippen MR) is 92.0 cm³/mol. The van der Waals surface area contributed by atoms with Crippen LogP contribution < -0.4 is 4.72 Å². The Hall–Kier alpha value is -0.513. The highest BCUT2D eigenvalue weighted by Gasteiger charge is 2.23. The largest absolute Gasteiger partial charge is 0.240 e. The van der Waals surface area contributed by atoms with Crippen molar-refractivity contribution in [2.75, 3.05) is 6.54 Å². The molecular formula is C14H19Cl2NO2SSi. The van der Waals surface area contributed by atoms with Gasteiger partial charge in [0.25, 0.3) is 0 Å². The van der Waals surface area contributed by atoms with Crippen molar-refractivity contribution in [3.8, 4) is 11.5 Å². The Morgan fingerprint density at radius 2 is 1.76 bits per heavy atom. The molecule has 3 nitrogen and oxygen atoms in total. The van der Waals surface area contributed by atoms with Crippen LogP contribution >= 0.6 is 23.2 Å². The van der Waals surface area contributed by atoms with E-state index in [0.29, 0.717) is 5.02 Å². The third-order valence-electron chi connectivity index (χ3n) is 2.42. The van der Waals surface area contributed by atoms with Crippen molar-refractivity contribution in [3.63, 3.8) is 0 Å². The Kier molecular flexibility index (Phi) is 5.93. The first-order chi connectivity index (χ1) is 9.41. The molecule has 0 aliphatic rings. The molecule has 1 N–H and O–H groups in total. The molecule has 1 unspecified atom stereocenters. The van der Waals surface area contributed by atoms with E-state index in [-0.39, 0.29) is 11.4 Å². The number of nitrogens with one attached hydrogen (secondary N) is 1. The minimum atomic E-state index is -3.61. The monoisotopic (exact) mass is 363 g/mol. The average molecular weight is 364 g/mol. The van der Waals surface area contributed by atoms with E-state index in [0.717, 1.165) is 0 Å². The number of sulfonamides is 1. The second-order valence-corrected chi connectivity index (χ2v) is 13.8. The average Bonchev–Trinajstić information content (AvgIpc) is 2.34. The molecule has 116 valence electrons. The molecule has 0 aliphatic carbocycles. The molecule has 7 heteroatoms. The highest BCUT2D eigenvalue weighted by Crippen LogP contribution is 2.16. The summed E-state index contributed by atoms with van der Waals surface area (Å²) in [4.78, 5) is -0.780. The summed E-state index contributed by atoms with van der Waals surface area (Å²) in [6, 6.07) is 5.95. The van der Waals surface area contributed by atoms with Crippen molar-refractivity contribution in [3.05, 3.63) is 29.3 Å². The summed E-state index contributed by atoms with van der Waals surface area (Å²) in [6.07, 6.45) is 0. The van der Waals surface area contributed by atoms with Crippen molar-refractivity contribution in [1.29, 1.82) is 0 Å². The molecule has 0 saturated heterocycles. The first-order valence-corrected chi connectivity index (χ1v) is 12.1. The second kappa shape index (κ2) is 6.72. The molecule has 0 bridgehead atoms. The number of alkyl halides is 1. The van der Waals surface area contributed by atoms with Gasteiger partial charge in [-0.15, -0.1) is 17.1 Å². The maximum atomic E-state index is 12.1. The topological polar surface area (TPSA) is 46.2 Å². The van der Waals surface area contributed by atoms with Gasteiger partial charge >= 0.3 is 0 Å². The van der Waals surface area contributed by atoms with Gasteiger partial charge in [-0.05, 0) is 31.2 Å². The van der Waals surface area contributed by atoms with Crippen LogP contribution in [0.4, 0.5) is 0 Å². The SMILES string of the molecule is CC(Cl)(C#C[Si](C)(C)C)CNS(=O)(=O)c1ccc(Cl)cc1. The predicted octanol–water partition coefficient (Wildman–Crippen LogP) is 3.50. The van der Waals surface area contributed by atoms with E-state index in [9.17, 15) is 8.42 Å². The lowest BCUT2D eigenvalue weighted by Crippen LogP contribution is -2.36. The van der Waals surface area contributed by atoms with E-state index in [4.69, 9.17) is 23.2 Å². The summed E-state index contributed by atoms with van der Waals surface area (Å²) in [5.74, 6) is 2.96. The minimum absolute atomic E-state index is 0.0387. The molecule has 0 aromatic heterocycles. The molecule has 0 spiro atoms. The van der Waals surface area contributed by atoms with E-state index >= 15 is 0 Å². The summed E-state index contributed by atoms with van der Waals surface area (Å²) in [6.45, 7) is 8.05. The van der Waals surface area contributed by atoms with Gasteiger partial charge in [0.15, 0.2) is 0 Å². The minimum Gasteiger partial charge on any atom is -0.208 e. The highest BCUT2D eigenvalue weighted by atomic mass is 35.5. The van der Waals surface area contributed by atoms with Gasteiger partial charge in [-0.1, -0.05) is 37.2 Å². The zero-order valence-electron chi connectivity index (χ0n) is 12.5. The van der Waals surface area contributed by atoms with E-state index in [1.165, 1.54) is 24.3 Å². The molecule has 1 rings (SSSR count). The zero-order valence-corrected chi connectivity index (χ0v) is 15.8. The van der Waals surface area contributed by atoms with Crippen LogP contribution in [0.25, 0.3) is 0 Å². The molecule has 0 heterocycles. The summed E-state index contributed by atoms with van der Waals surface area (Å²) >= 11 is 12.0. The maximum absolute atomic E-state index is 12.1.